The first kappa shape index (κ1) is 12.3. The zero-order valence-corrected chi connectivity index (χ0v) is 11.6. The molecule has 0 saturated heterocycles. The van der Waals surface area contributed by atoms with Crippen LogP contribution in [0.3, 0.4) is 0 Å². The molecule has 0 radical (unpaired) electrons. The molecular formula is C13H14BrFN2. The molecule has 0 spiro atoms. The summed E-state index contributed by atoms with van der Waals surface area (Å²) >= 11 is 3.52. The molecule has 4 heteroatoms. The molecule has 0 aliphatic heterocycles. The summed E-state index contributed by atoms with van der Waals surface area (Å²) < 4.78 is 16.4. The Morgan fingerprint density at radius 1 is 1.29 bits per heavy atom. The normalized spacial score (nSPS) is 11.2. The van der Waals surface area contributed by atoms with Crippen molar-refractivity contribution >= 4 is 15.9 Å². The van der Waals surface area contributed by atoms with Gasteiger partial charge in [-0.3, -0.25) is 4.68 Å². The first-order valence-electron chi connectivity index (χ1n) is 5.49. The first-order chi connectivity index (χ1) is 8.02. The zero-order valence-electron chi connectivity index (χ0n) is 10.0. The third-order valence-corrected chi connectivity index (χ3v) is 3.47. The van der Waals surface area contributed by atoms with Crippen LogP contribution in [-0.2, 0) is 7.05 Å². The van der Waals surface area contributed by atoms with Gasteiger partial charge in [0.15, 0.2) is 0 Å². The van der Waals surface area contributed by atoms with Crippen LogP contribution in [0.4, 0.5) is 4.39 Å². The number of benzene rings is 1. The van der Waals surface area contributed by atoms with Crippen molar-refractivity contribution in [2.45, 2.75) is 19.8 Å². The van der Waals surface area contributed by atoms with Crippen LogP contribution in [0.25, 0.3) is 11.3 Å². The molecule has 0 bridgehead atoms. The minimum absolute atomic E-state index is 0.230. The third kappa shape index (κ3) is 2.14. The Bertz CT molecular complexity index is 546. The predicted molar refractivity (Wildman–Crippen MR) is 70.4 cm³/mol. The molecular weight excluding hydrogens is 283 g/mol. The van der Waals surface area contributed by atoms with Gasteiger partial charge in [0, 0.05) is 12.6 Å². The van der Waals surface area contributed by atoms with Crippen molar-refractivity contribution in [2.24, 2.45) is 7.05 Å². The van der Waals surface area contributed by atoms with Crippen LogP contribution in [0, 0.1) is 5.82 Å². The van der Waals surface area contributed by atoms with E-state index in [0.29, 0.717) is 11.5 Å². The fourth-order valence-corrected chi connectivity index (χ4v) is 2.84. The van der Waals surface area contributed by atoms with Gasteiger partial charge in [-0.2, -0.15) is 5.10 Å². The van der Waals surface area contributed by atoms with Gasteiger partial charge < -0.3 is 0 Å². The molecule has 1 heterocycles. The van der Waals surface area contributed by atoms with Crippen molar-refractivity contribution in [1.82, 2.24) is 9.78 Å². The summed E-state index contributed by atoms with van der Waals surface area (Å²) in [5, 5.41) is 4.43. The average Bonchev–Trinajstić information content (AvgIpc) is 2.56. The van der Waals surface area contributed by atoms with Crippen molar-refractivity contribution in [1.29, 1.82) is 0 Å². The van der Waals surface area contributed by atoms with Gasteiger partial charge in [-0.15, -0.1) is 0 Å². The second-order valence-electron chi connectivity index (χ2n) is 4.31. The van der Waals surface area contributed by atoms with Gasteiger partial charge in [-0.1, -0.05) is 26.0 Å². The van der Waals surface area contributed by atoms with E-state index in [1.165, 1.54) is 6.07 Å². The van der Waals surface area contributed by atoms with Crippen molar-refractivity contribution in [3.8, 4) is 11.3 Å². The lowest BCUT2D eigenvalue weighted by Crippen LogP contribution is -1.96. The number of halogens is 2. The molecule has 0 unspecified atom stereocenters. The van der Waals surface area contributed by atoms with Gasteiger partial charge in [0.1, 0.15) is 5.82 Å². The van der Waals surface area contributed by atoms with Crippen LogP contribution in [0.5, 0.6) is 0 Å². The van der Waals surface area contributed by atoms with Crippen molar-refractivity contribution in [2.75, 3.05) is 0 Å². The fraction of sp³-hybridized carbons (Fsp3) is 0.308. The topological polar surface area (TPSA) is 17.8 Å². The van der Waals surface area contributed by atoms with E-state index in [2.05, 4.69) is 34.9 Å². The number of hydrogen-bond donors (Lipinski definition) is 0. The van der Waals surface area contributed by atoms with E-state index in [9.17, 15) is 4.39 Å². The van der Waals surface area contributed by atoms with Crippen molar-refractivity contribution < 1.29 is 4.39 Å². The Labute approximate surface area is 109 Å². The SMILES string of the molecule is CC(C)c1nn(C)c(-c2ccccc2F)c1Br. The van der Waals surface area contributed by atoms with Gasteiger partial charge in [0.2, 0.25) is 0 Å². The lowest BCUT2D eigenvalue weighted by molar-refractivity contribution is 0.627. The average molecular weight is 297 g/mol. The van der Waals surface area contributed by atoms with E-state index < -0.39 is 0 Å². The maximum absolute atomic E-state index is 13.8. The van der Waals surface area contributed by atoms with E-state index in [-0.39, 0.29) is 5.82 Å². The van der Waals surface area contributed by atoms with Crippen molar-refractivity contribution in [3.05, 3.63) is 40.2 Å². The minimum Gasteiger partial charge on any atom is -0.266 e. The zero-order chi connectivity index (χ0) is 12.6. The Hall–Kier alpha value is -1.16. The van der Waals surface area contributed by atoms with Gasteiger partial charge >= 0.3 is 0 Å². The molecule has 0 saturated carbocycles. The number of aromatic nitrogens is 2. The summed E-state index contributed by atoms with van der Waals surface area (Å²) in [6.45, 7) is 4.14. The van der Waals surface area contributed by atoms with Crippen LogP contribution in [0.1, 0.15) is 25.5 Å². The quantitative estimate of drug-likeness (QED) is 0.815. The monoisotopic (exact) mass is 296 g/mol. The summed E-state index contributed by atoms with van der Waals surface area (Å²) in [5.74, 6) is 0.0719. The molecule has 0 atom stereocenters. The minimum atomic E-state index is -0.230. The van der Waals surface area contributed by atoms with Crippen LogP contribution in [0.15, 0.2) is 28.7 Å². The standard InChI is InChI=1S/C13H14BrFN2/c1-8(2)12-11(14)13(17(3)16-12)9-6-4-5-7-10(9)15/h4-8H,1-3H3. The van der Waals surface area contributed by atoms with E-state index in [0.717, 1.165) is 15.9 Å². The molecule has 0 aliphatic carbocycles. The smallest absolute Gasteiger partial charge is 0.132 e. The molecule has 0 N–H and O–H groups in total. The van der Waals surface area contributed by atoms with Crippen LogP contribution < -0.4 is 0 Å². The second kappa shape index (κ2) is 4.61. The van der Waals surface area contributed by atoms with E-state index in [1.807, 2.05) is 13.1 Å². The van der Waals surface area contributed by atoms with E-state index in [1.54, 1.807) is 16.8 Å². The first-order valence-corrected chi connectivity index (χ1v) is 6.29. The molecule has 2 aromatic rings. The largest absolute Gasteiger partial charge is 0.266 e. The van der Waals surface area contributed by atoms with E-state index >= 15 is 0 Å². The highest BCUT2D eigenvalue weighted by molar-refractivity contribution is 9.10. The summed E-state index contributed by atoms with van der Waals surface area (Å²) in [7, 11) is 1.83. The summed E-state index contributed by atoms with van der Waals surface area (Å²) in [5.41, 5.74) is 2.30. The number of aryl methyl sites for hydroxylation is 1. The number of nitrogens with zero attached hydrogens (tertiary/aromatic N) is 2. The van der Waals surface area contributed by atoms with Crippen LogP contribution in [0.2, 0.25) is 0 Å². The van der Waals surface area contributed by atoms with Crippen molar-refractivity contribution in [3.63, 3.8) is 0 Å². The lowest BCUT2D eigenvalue weighted by atomic mass is 10.1. The highest BCUT2D eigenvalue weighted by Crippen LogP contribution is 2.34. The lowest BCUT2D eigenvalue weighted by Gasteiger charge is -2.04. The van der Waals surface area contributed by atoms with Crippen LogP contribution in [-0.4, -0.2) is 9.78 Å². The van der Waals surface area contributed by atoms with Gasteiger partial charge in [-0.25, -0.2) is 4.39 Å². The Balaban J connectivity index is 2.65. The molecule has 1 aromatic carbocycles. The third-order valence-electron chi connectivity index (χ3n) is 2.69. The predicted octanol–water partition coefficient (Wildman–Crippen LogP) is 4.11. The Kier molecular flexibility index (Phi) is 3.33. The highest BCUT2D eigenvalue weighted by Gasteiger charge is 2.19. The van der Waals surface area contributed by atoms with E-state index in [4.69, 9.17) is 0 Å². The molecule has 17 heavy (non-hydrogen) atoms. The summed E-state index contributed by atoms with van der Waals surface area (Å²) in [4.78, 5) is 0. The molecule has 0 amide bonds. The van der Waals surface area contributed by atoms with Gasteiger partial charge in [-0.05, 0) is 34.0 Å². The second-order valence-corrected chi connectivity index (χ2v) is 5.10. The van der Waals surface area contributed by atoms with Gasteiger partial charge in [0.25, 0.3) is 0 Å². The molecule has 0 aliphatic rings. The Morgan fingerprint density at radius 2 is 1.94 bits per heavy atom. The maximum Gasteiger partial charge on any atom is 0.132 e. The molecule has 2 nitrogen and oxygen atoms in total. The van der Waals surface area contributed by atoms with Gasteiger partial charge in [0.05, 0.1) is 15.9 Å². The number of rotatable bonds is 2. The fourth-order valence-electron chi connectivity index (χ4n) is 1.83. The number of hydrogen-bond acceptors (Lipinski definition) is 1. The molecule has 90 valence electrons. The molecule has 0 fully saturated rings. The maximum atomic E-state index is 13.8. The summed E-state index contributed by atoms with van der Waals surface area (Å²) in [6.07, 6.45) is 0. The highest BCUT2D eigenvalue weighted by atomic mass is 79.9. The Morgan fingerprint density at radius 3 is 2.47 bits per heavy atom. The molecule has 2 rings (SSSR count). The summed E-state index contributed by atoms with van der Waals surface area (Å²) in [6, 6.07) is 6.74. The van der Waals surface area contributed by atoms with Crippen LogP contribution >= 0.6 is 15.9 Å². The molecule has 1 aromatic heterocycles.